The molecule has 0 saturated carbocycles. The van der Waals surface area contributed by atoms with E-state index >= 15 is 0 Å². The van der Waals surface area contributed by atoms with Gasteiger partial charge < -0.3 is 14.2 Å². The first-order chi connectivity index (χ1) is 14.9. The van der Waals surface area contributed by atoms with Gasteiger partial charge in [-0.2, -0.15) is 37.9 Å². The molecule has 0 unspecified atom stereocenters. The number of hydrogen-bond acceptors (Lipinski definition) is 9. The number of rotatable bonds is 11. The van der Waals surface area contributed by atoms with Crippen molar-refractivity contribution in [1.82, 2.24) is 0 Å². The van der Waals surface area contributed by atoms with Crippen molar-refractivity contribution in [1.29, 1.82) is 0 Å². The van der Waals surface area contributed by atoms with Gasteiger partial charge in [-0.05, 0) is 17.8 Å². The summed E-state index contributed by atoms with van der Waals surface area (Å²) in [5.74, 6) is 1.02. The normalized spacial score (nSPS) is 9.56. The molecule has 0 aliphatic heterocycles. The molecule has 0 bridgehead atoms. The Labute approximate surface area is 226 Å². The number of ether oxygens (including phenoxy) is 3. The van der Waals surface area contributed by atoms with Crippen molar-refractivity contribution in [3.05, 3.63) is 0 Å². The second-order valence-corrected chi connectivity index (χ2v) is 10.2. The van der Waals surface area contributed by atoms with Gasteiger partial charge in [-0.25, -0.2) is 0 Å². The van der Waals surface area contributed by atoms with Crippen molar-refractivity contribution in [2.45, 2.75) is 65.7 Å². The first kappa shape index (κ1) is 39.5. The van der Waals surface area contributed by atoms with Crippen molar-refractivity contribution in [3.8, 4) is 0 Å². The zero-order valence-electron chi connectivity index (χ0n) is 20.9. The summed E-state index contributed by atoms with van der Waals surface area (Å²) in [5.41, 5.74) is 0. The Kier molecular flexibility index (Phi) is 38.6. The van der Waals surface area contributed by atoms with Gasteiger partial charge in [-0.15, -0.1) is 0 Å². The van der Waals surface area contributed by atoms with Crippen LogP contribution in [0.2, 0.25) is 4.44 Å². The van der Waals surface area contributed by atoms with Crippen molar-refractivity contribution in [3.63, 3.8) is 0 Å². The average molecular weight is 621 g/mol. The Balaban J connectivity index is -0.000000167. The summed E-state index contributed by atoms with van der Waals surface area (Å²) in [6.07, 6.45) is 2.80. The van der Waals surface area contributed by atoms with Crippen LogP contribution in [-0.2, 0) is 28.6 Å². The van der Waals surface area contributed by atoms with Gasteiger partial charge in [0.2, 0.25) is 0 Å². The molecular weight excluding hydrogens is 575 g/mol. The van der Waals surface area contributed by atoms with Crippen LogP contribution in [0.25, 0.3) is 0 Å². The first-order valence-corrected chi connectivity index (χ1v) is 14.8. The molecule has 6 nitrogen and oxygen atoms in total. The number of carbonyl (C=O) groups is 3. The number of carbonyl (C=O) groups excluding carboxylic acids is 3. The molecule has 0 rings (SSSR count). The molecule has 0 saturated heterocycles. The van der Waals surface area contributed by atoms with Crippen molar-refractivity contribution in [2.75, 3.05) is 37.1 Å². The summed E-state index contributed by atoms with van der Waals surface area (Å²) >= 11 is 12.9. The summed E-state index contributed by atoms with van der Waals surface area (Å²) in [4.78, 5) is 31.3. The topological polar surface area (TPSA) is 78.9 Å². The molecule has 0 aliphatic carbocycles. The van der Waals surface area contributed by atoms with E-state index < -0.39 is 0 Å². The third-order valence-electron chi connectivity index (χ3n) is 2.65. The van der Waals surface area contributed by atoms with E-state index in [1.807, 2.05) is 41.5 Å². The van der Waals surface area contributed by atoms with Gasteiger partial charge in [0.15, 0.2) is 0 Å². The van der Waals surface area contributed by atoms with Crippen LogP contribution in [0, 0.1) is 17.8 Å². The van der Waals surface area contributed by atoms with Crippen LogP contribution >= 0.6 is 37.9 Å². The summed E-state index contributed by atoms with van der Waals surface area (Å²) in [5, 5.41) is 0. The molecule has 0 spiro atoms. The summed E-state index contributed by atoms with van der Waals surface area (Å²) in [7, 11) is 0. The molecule has 3 radical (unpaired) electrons. The molecule has 32 heavy (non-hydrogen) atoms. The van der Waals surface area contributed by atoms with Gasteiger partial charge in [-0.3, -0.25) is 14.4 Å². The standard InChI is InChI=1S/3C6H12O2S.C4H9.Sn/c3*1-5(2)3-8-6(7)4-9;1-3-4-2;/h3*5,9H,3-4H2,1-2H3;1,3-4H2,2H3;. The number of esters is 3. The van der Waals surface area contributed by atoms with Gasteiger partial charge in [0.25, 0.3) is 0 Å². The fourth-order valence-electron chi connectivity index (χ4n) is 1.09. The summed E-state index contributed by atoms with van der Waals surface area (Å²) < 4.78 is 15.6. The SMILES string of the molecule is CC(C)COC(=O)CS.CC(C)COC(=O)CS.CC(C)COC(=O)CS.CCC[CH2][Sn]. The Morgan fingerprint density at radius 1 is 0.656 bits per heavy atom. The molecule has 0 heterocycles. The van der Waals surface area contributed by atoms with Crippen LogP contribution in [0.4, 0.5) is 0 Å². The quantitative estimate of drug-likeness (QED) is 0.134. The number of unbranched alkanes of at least 4 members (excludes halogenated alkanes) is 1. The number of hydrogen-bond donors (Lipinski definition) is 3. The van der Waals surface area contributed by atoms with Gasteiger partial charge >= 0.3 is 64.6 Å². The number of thiol groups is 3. The van der Waals surface area contributed by atoms with Gasteiger partial charge in [0.1, 0.15) is 0 Å². The van der Waals surface area contributed by atoms with Gasteiger partial charge in [0.05, 0.1) is 37.1 Å². The molecule has 0 aliphatic rings. The van der Waals surface area contributed by atoms with E-state index in [9.17, 15) is 14.4 Å². The van der Waals surface area contributed by atoms with E-state index in [0.29, 0.717) is 37.6 Å². The van der Waals surface area contributed by atoms with Crippen LogP contribution in [0.3, 0.4) is 0 Å². The average Bonchev–Trinajstić information content (AvgIpc) is 2.75. The van der Waals surface area contributed by atoms with Crippen LogP contribution in [0.5, 0.6) is 0 Å². The molecule has 191 valence electrons. The third kappa shape index (κ3) is 47.9. The van der Waals surface area contributed by atoms with Gasteiger partial charge in [0, 0.05) is 0 Å². The molecule has 0 aromatic heterocycles. The van der Waals surface area contributed by atoms with Crippen molar-refractivity contribution in [2.24, 2.45) is 17.8 Å². The molecule has 0 atom stereocenters. The predicted molar refractivity (Wildman–Crippen MR) is 144 cm³/mol. The van der Waals surface area contributed by atoms with E-state index in [2.05, 4.69) is 44.8 Å². The Bertz CT molecular complexity index is 377. The second kappa shape index (κ2) is 31.3. The fraction of sp³-hybridized carbons (Fsp3) is 0.864. The predicted octanol–water partition coefficient (Wildman–Crippen LogP) is 4.72. The zero-order chi connectivity index (χ0) is 25.9. The van der Waals surface area contributed by atoms with E-state index in [4.69, 9.17) is 14.2 Å². The molecule has 0 aromatic carbocycles. The summed E-state index contributed by atoms with van der Waals surface area (Å²) in [6, 6.07) is 0. The molecular formula is C22H45O6S3Sn. The van der Waals surface area contributed by atoms with E-state index in [1.54, 1.807) is 22.5 Å². The van der Waals surface area contributed by atoms with E-state index in [0.717, 1.165) is 0 Å². The van der Waals surface area contributed by atoms with Crippen LogP contribution < -0.4 is 0 Å². The Morgan fingerprint density at radius 2 is 0.906 bits per heavy atom. The Hall–Kier alpha value is 0.259. The minimum absolute atomic E-state index is 0.173. The first-order valence-electron chi connectivity index (χ1n) is 10.8. The van der Waals surface area contributed by atoms with Crippen molar-refractivity contribution < 1.29 is 28.6 Å². The molecule has 0 fully saturated rings. The molecule has 0 N–H and O–H groups in total. The second-order valence-electron chi connectivity index (χ2n) is 7.81. The summed E-state index contributed by atoms with van der Waals surface area (Å²) in [6.45, 7) is 15.7. The monoisotopic (exact) mass is 621 g/mol. The molecule has 0 aromatic rings. The molecule has 0 amide bonds. The molecule has 10 heteroatoms. The van der Waals surface area contributed by atoms with Crippen LogP contribution in [0.1, 0.15) is 61.3 Å². The third-order valence-corrected chi connectivity index (χ3v) is 4.43. The fourth-order valence-corrected chi connectivity index (χ4v) is 2.38. The van der Waals surface area contributed by atoms with Crippen LogP contribution in [-0.4, -0.2) is 77.5 Å². The zero-order valence-corrected chi connectivity index (χ0v) is 26.4. The van der Waals surface area contributed by atoms with Crippen LogP contribution in [0.15, 0.2) is 0 Å². The minimum atomic E-state index is -0.243. The van der Waals surface area contributed by atoms with E-state index in [1.165, 1.54) is 17.3 Å². The maximum absolute atomic E-state index is 10.4. The Morgan fingerprint density at radius 3 is 1.00 bits per heavy atom. The van der Waals surface area contributed by atoms with Crippen molar-refractivity contribution >= 4 is 78.3 Å². The van der Waals surface area contributed by atoms with E-state index in [-0.39, 0.29) is 35.2 Å². The van der Waals surface area contributed by atoms with Gasteiger partial charge in [-0.1, -0.05) is 41.5 Å². The maximum atomic E-state index is 10.4.